The summed E-state index contributed by atoms with van der Waals surface area (Å²) in [5.74, 6) is -2.08. The highest BCUT2D eigenvalue weighted by Gasteiger charge is 2.17. The van der Waals surface area contributed by atoms with Crippen LogP contribution in [0, 0.1) is 17.1 Å². The van der Waals surface area contributed by atoms with Crippen LogP contribution in [0.5, 0.6) is 17.2 Å². The van der Waals surface area contributed by atoms with E-state index < -0.39 is 17.5 Å². The minimum Gasteiger partial charge on any atom is -0.497 e. The molecule has 0 spiro atoms. The molecule has 0 radical (unpaired) electrons. The van der Waals surface area contributed by atoms with Crippen molar-refractivity contribution < 1.29 is 23.8 Å². The van der Waals surface area contributed by atoms with Gasteiger partial charge in [-0.2, -0.15) is 5.26 Å². The molecule has 0 fully saturated rings. The van der Waals surface area contributed by atoms with Crippen molar-refractivity contribution in [1.29, 1.82) is 5.26 Å². The summed E-state index contributed by atoms with van der Waals surface area (Å²) in [4.78, 5) is 11.1. The number of hydrogen-bond donors (Lipinski definition) is 1. The zero-order valence-corrected chi connectivity index (χ0v) is 11.0. The first-order chi connectivity index (χ1) is 10.0. The zero-order chi connectivity index (χ0) is 15.4. The molecule has 2 rings (SSSR count). The van der Waals surface area contributed by atoms with Gasteiger partial charge in [0.2, 0.25) is 0 Å². The third kappa shape index (κ3) is 3.09. The van der Waals surface area contributed by atoms with Crippen LogP contribution >= 0.6 is 0 Å². The SMILES string of the molecule is COc1cc(C#N)cc(Oc2c(F)cccc2C(=O)O)c1. The summed E-state index contributed by atoms with van der Waals surface area (Å²) in [6.45, 7) is 0. The van der Waals surface area contributed by atoms with Crippen molar-refractivity contribution >= 4 is 5.97 Å². The highest BCUT2D eigenvalue weighted by atomic mass is 19.1. The van der Waals surface area contributed by atoms with Crippen molar-refractivity contribution in [3.8, 4) is 23.3 Å². The first kappa shape index (κ1) is 14.3. The van der Waals surface area contributed by atoms with Crippen molar-refractivity contribution in [3.05, 3.63) is 53.3 Å². The second-order valence-electron chi connectivity index (χ2n) is 4.03. The molecule has 0 aliphatic carbocycles. The number of ether oxygens (including phenoxy) is 2. The number of halogens is 1. The molecule has 0 saturated carbocycles. The molecule has 2 aromatic rings. The molecule has 106 valence electrons. The first-order valence-electron chi connectivity index (χ1n) is 5.84. The summed E-state index contributed by atoms with van der Waals surface area (Å²) in [6.07, 6.45) is 0. The topological polar surface area (TPSA) is 79.5 Å². The van der Waals surface area contributed by atoms with Crippen LogP contribution in [0.15, 0.2) is 36.4 Å². The lowest BCUT2D eigenvalue weighted by atomic mass is 10.2. The van der Waals surface area contributed by atoms with Gasteiger partial charge in [0.05, 0.1) is 18.7 Å². The summed E-state index contributed by atoms with van der Waals surface area (Å²) < 4.78 is 24.1. The van der Waals surface area contributed by atoms with E-state index in [9.17, 15) is 9.18 Å². The lowest BCUT2D eigenvalue weighted by Crippen LogP contribution is -2.02. The van der Waals surface area contributed by atoms with Crippen LogP contribution in [-0.4, -0.2) is 18.2 Å². The maximum atomic E-state index is 13.8. The number of nitriles is 1. The number of carboxylic acid groups (broad SMARTS) is 1. The molecule has 2 aromatic carbocycles. The average molecular weight is 287 g/mol. The van der Waals surface area contributed by atoms with Gasteiger partial charge < -0.3 is 14.6 Å². The Labute approximate surface area is 119 Å². The summed E-state index contributed by atoms with van der Waals surface area (Å²) in [5, 5.41) is 18.0. The Hall–Kier alpha value is -3.07. The van der Waals surface area contributed by atoms with E-state index in [1.165, 1.54) is 37.4 Å². The molecule has 0 aromatic heterocycles. The fraction of sp³-hybridized carbons (Fsp3) is 0.0667. The Morgan fingerprint density at radius 2 is 2.00 bits per heavy atom. The minimum atomic E-state index is -1.31. The first-order valence-corrected chi connectivity index (χ1v) is 5.84. The van der Waals surface area contributed by atoms with Crippen LogP contribution in [0.1, 0.15) is 15.9 Å². The third-order valence-electron chi connectivity index (χ3n) is 2.66. The number of para-hydroxylation sites is 1. The lowest BCUT2D eigenvalue weighted by Gasteiger charge is -2.11. The molecule has 0 saturated heterocycles. The highest BCUT2D eigenvalue weighted by molar-refractivity contribution is 5.91. The van der Waals surface area contributed by atoms with E-state index in [4.69, 9.17) is 19.8 Å². The van der Waals surface area contributed by atoms with Crippen LogP contribution in [0.2, 0.25) is 0 Å². The normalized spacial score (nSPS) is 9.76. The Morgan fingerprint density at radius 3 is 2.62 bits per heavy atom. The summed E-state index contributed by atoms with van der Waals surface area (Å²) in [7, 11) is 1.41. The molecule has 6 heteroatoms. The fourth-order valence-electron chi connectivity index (χ4n) is 1.71. The quantitative estimate of drug-likeness (QED) is 0.934. The second-order valence-corrected chi connectivity index (χ2v) is 4.03. The standard InChI is InChI=1S/C15H10FNO4/c1-20-10-5-9(8-17)6-11(7-10)21-14-12(15(18)19)3-2-4-13(14)16/h2-7H,1H3,(H,18,19). The van der Waals surface area contributed by atoms with Crippen molar-refractivity contribution in [2.45, 2.75) is 0 Å². The average Bonchev–Trinajstić information content (AvgIpc) is 2.48. The Kier molecular flexibility index (Phi) is 4.05. The molecule has 5 nitrogen and oxygen atoms in total. The largest absolute Gasteiger partial charge is 0.497 e. The molecule has 0 unspecified atom stereocenters. The summed E-state index contributed by atoms with van der Waals surface area (Å²) >= 11 is 0. The maximum absolute atomic E-state index is 13.8. The predicted molar refractivity (Wildman–Crippen MR) is 71.1 cm³/mol. The maximum Gasteiger partial charge on any atom is 0.339 e. The highest BCUT2D eigenvalue weighted by Crippen LogP contribution is 2.31. The minimum absolute atomic E-state index is 0.110. The molecule has 0 aliphatic rings. The predicted octanol–water partition coefficient (Wildman–Crippen LogP) is 3.20. The van der Waals surface area contributed by atoms with Gasteiger partial charge in [0.15, 0.2) is 11.6 Å². The molecular weight excluding hydrogens is 277 g/mol. The van der Waals surface area contributed by atoms with Crippen molar-refractivity contribution in [2.75, 3.05) is 7.11 Å². The Morgan fingerprint density at radius 1 is 1.29 bits per heavy atom. The summed E-state index contributed by atoms with van der Waals surface area (Å²) in [6, 6.07) is 9.77. The number of rotatable bonds is 4. The van der Waals surface area contributed by atoms with Gasteiger partial charge in [-0.25, -0.2) is 9.18 Å². The van der Waals surface area contributed by atoms with Crippen LogP contribution in [0.4, 0.5) is 4.39 Å². The van der Waals surface area contributed by atoms with Crippen LogP contribution < -0.4 is 9.47 Å². The van der Waals surface area contributed by atoms with E-state index in [2.05, 4.69) is 0 Å². The number of benzene rings is 2. The van der Waals surface area contributed by atoms with E-state index in [1.54, 1.807) is 0 Å². The molecule has 1 N–H and O–H groups in total. The van der Waals surface area contributed by atoms with E-state index in [0.29, 0.717) is 5.75 Å². The van der Waals surface area contributed by atoms with Gasteiger partial charge in [0.25, 0.3) is 0 Å². The molecule has 21 heavy (non-hydrogen) atoms. The van der Waals surface area contributed by atoms with Gasteiger partial charge in [0.1, 0.15) is 17.1 Å². The number of hydrogen-bond acceptors (Lipinski definition) is 4. The number of carboxylic acids is 1. The van der Waals surface area contributed by atoms with Crippen molar-refractivity contribution in [2.24, 2.45) is 0 Å². The van der Waals surface area contributed by atoms with E-state index >= 15 is 0 Å². The number of aromatic carboxylic acids is 1. The van der Waals surface area contributed by atoms with Crippen molar-refractivity contribution in [1.82, 2.24) is 0 Å². The Bertz CT molecular complexity index is 737. The van der Waals surface area contributed by atoms with Gasteiger partial charge in [0, 0.05) is 6.07 Å². The number of nitrogens with zero attached hydrogens (tertiary/aromatic N) is 1. The van der Waals surface area contributed by atoms with E-state index in [1.807, 2.05) is 6.07 Å². The van der Waals surface area contributed by atoms with Gasteiger partial charge >= 0.3 is 5.97 Å². The van der Waals surface area contributed by atoms with Crippen LogP contribution in [-0.2, 0) is 0 Å². The van der Waals surface area contributed by atoms with Gasteiger partial charge in [-0.15, -0.1) is 0 Å². The molecule has 0 heterocycles. The van der Waals surface area contributed by atoms with Gasteiger partial charge in [-0.3, -0.25) is 0 Å². The Balaban J connectivity index is 2.48. The molecule has 0 amide bonds. The molecule has 0 aliphatic heterocycles. The summed E-state index contributed by atoms with van der Waals surface area (Å²) in [5.41, 5.74) is -0.0612. The van der Waals surface area contributed by atoms with Gasteiger partial charge in [-0.1, -0.05) is 6.07 Å². The van der Waals surface area contributed by atoms with Crippen molar-refractivity contribution in [3.63, 3.8) is 0 Å². The van der Waals surface area contributed by atoms with Gasteiger partial charge in [-0.05, 0) is 24.3 Å². The molecular formula is C15H10FNO4. The smallest absolute Gasteiger partial charge is 0.339 e. The van der Waals surface area contributed by atoms with Crippen LogP contribution in [0.3, 0.4) is 0 Å². The molecule has 0 bridgehead atoms. The third-order valence-corrected chi connectivity index (χ3v) is 2.66. The zero-order valence-electron chi connectivity index (χ0n) is 11.0. The molecule has 0 atom stereocenters. The van der Waals surface area contributed by atoms with Crippen LogP contribution in [0.25, 0.3) is 0 Å². The number of carbonyl (C=O) groups is 1. The lowest BCUT2D eigenvalue weighted by molar-refractivity contribution is 0.0693. The monoisotopic (exact) mass is 287 g/mol. The number of methoxy groups -OCH3 is 1. The van der Waals surface area contributed by atoms with E-state index in [0.717, 1.165) is 6.07 Å². The van der Waals surface area contributed by atoms with E-state index in [-0.39, 0.29) is 16.9 Å². The second kappa shape index (κ2) is 5.92. The fourth-order valence-corrected chi connectivity index (χ4v) is 1.71.